The first-order valence-corrected chi connectivity index (χ1v) is 10.4. The molecule has 1 saturated heterocycles. The number of carbonyl (C=O) groups is 2. The summed E-state index contributed by atoms with van der Waals surface area (Å²) < 4.78 is 0. The second kappa shape index (κ2) is 9.20. The van der Waals surface area contributed by atoms with Gasteiger partial charge < -0.3 is 10.2 Å². The summed E-state index contributed by atoms with van der Waals surface area (Å²) in [7, 11) is 0. The number of nitrogens with zero attached hydrogens (tertiary/aromatic N) is 1. The molecule has 0 atom stereocenters. The van der Waals surface area contributed by atoms with Crippen LogP contribution in [-0.2, 0) is 9.59 Å². The van der Waals surface area contributed by atoms with Gasteiger partial charge in [0.25, 0.3) is 0 Å². The predicted molar refractivity (Wildman–Crippen MR) is 106 cm³/mol. The summed E-state index contributed by atoms with van der Waals surface area (Å²) >= 11 is 0. The summed E-state index contributed by atoms with van der Waals surface area (Å²) in [6.45, 7) is 3.02. The second-order valence-corrected chi connectivity index (χ2v) is 7.90. The molecule has 2 aliphatic rings. The van der Waals surface area contributed by atoms with E-state index in [2.05, 4.69) is 12.2 Å². The molecule has 1 saturated carbocycles. The van der Waals surface area contributed by atoms with Gasteiger partial charge in [-0.3, -0.25) is 9.59 Å². The van der Waals surface area contributed by atoms with Crippen molar-refractivity contribution >= 4 is 23.2 Å². The molecular formula is C22H32N2O2. The molecule has 1 aromatic carbocycles. The molecule has 3 rings (SSSR count). The molecule has 1 aliphatic carbocycles. The molecule has 1 N–H and O–H groups in total. The van der Waals surface area contributed by atoms with Gasteiger partial charge in [-0.2, -0.15) is 0 Å². The van der Waals surface area contributed by atoms with Crippen molar-refractivity contribution in [2.75, 3.05) is 16.8 Å². The number of piperidine rings is 1. The van der Waals surface area contributed by atoms with Crippen LogP contribution in [0.5, 0.6) is 0 Å². The van der Waals surface area contributed by atoms with Gasteiger partial charge in [-0.15, -0.1) is 0 Å². The molecule has 1 aliphatic heterocycles. The van der Waals surface area contributed by atoms with Crippen LogP contribution < -0.4 is 10.2 Å². The van der Waals surface area contributed by atoms with E-state index >= 15 is 0 Å². The van der Waals surface area contributed by atoms with E-state index in [9.17, 15) is 9.59 Å². The van der Waals surface area contributed by atoms with Crippen LogP contribution in [0.1, 0.15) is 71.1 Å². The smallest absolute Gasteiger partial charge is 0.227 e. The highest BCUT2D eigenvalue weighted by Crippen LogP contribution is 2.33. The average Bonchev–Trinajstić information content (AvgIpc) is 2.67. The van der Waals surface area contributed by atoms with Crippen LogP contribution in [0.2, 0.25) is 0 Å². The molecule has 4 nitrogen and oxygen atoms in total. The number of rotatable bonds is 6. The average molecular weight is 357 g/mol. The number of benzene rings is 1. The van der Waals surface area contributed by atoms with Gasteiger partial charge in [0.2, 0.25) is 11.8 Å². The van der Waals surface area contributed by atoms with E-state index < -0.39 is 0 Å². The van der Waals surface area contributed by atoms with Gasteiger partial charge in [-0.05, 0) is 62.6 Å². The molecule has 2 amide bonds. The fourth-order valence-electron chi connectivity index (χ4n) is 4.28. The fourth-order valence-corrected chi connectivity index (χ4v) is 4.28. The summed E-state index contributed by atoms with van der Waals surface area (Å²) in [4.78, 5) is 26.6. The Morgan fingerprint density at radius 1 is 1.19 bits per heavy atom. The number of carbonyl (C=O) groups excluding carboxylic acids is 2. The lowest BCUT2D eigenvalue weighted by Crippen LogP contribution is -2.35. The van der Waals surface area contributed by atoms with Crippen LogP contribution in [0.15, 0.2) is 24.3 Å². The van der Waals surface area contributed by atoms with Crippen molar-refractivity contribution in [3.05, 3.63) is 24.3 Å². The lowest BCUT2D eigenvalue weighted by atomic mass is 9.79. The number of nitrogens with one attached hydrogen (secondary N) is 1. The van der Waals surface area contributed by atoms with E-state index in [1.54, 1.807) is 0 Å². The molecule has 26 heavy (non-hydrogen) atoms. The topological polar surface area (TPSA) is 49.4 Å². The van der Waals surface area contributed by atoms with Crippen LogP contribution >= 0.6 is 0 Å². The minimum atomic E-state index is 0.133. The zero-order valence-electron chi connectivity index (χ0n) is 16.0. The Bertz CT molecular complexity index is 620. The van der Waals surface area contributed by atoms with E-state index in [0.717, 1.165) is 49.5 Å². The zero-order chi connectivity index (χ0) is 18.4. The first-order valence-electron chi connectivity index (χ1n) is 10.4. The Labute approximate surface area is 157 Å². The van der Waals surface area contributed by atoms with Gasteiger partial charge in [-0.25, -0.2) is 0 Å². The van der Waals surface area contributed by atoms with Gasteiger partial charge in [0.15, 0.2) is 0 Å². The van der Waals surface area contributed by atoms with Gasteiger partial charge in [0.05, 0.1) is 0 Å². The molecule has 1 aromatic rings. The number of amides is 2. The van der Waals surface area contributed by atoms with Gasteiger partial charge in [-0.1, -0.05) is 32.3 Å². The molecule has 0 radical (unpaired) electrons. The molecule has 0 unspecified atom stereocenters. The molecule has 0 aromatic heterocycles. The van der Waals surface area contributed by atoms with Crippen LogP contribution in [-0.4, -0.2) is 18.4 Å². The maximum atomic E-state index is 12.6. The number of hydrogen-bond acceptors (Lipinski definition) is 2. The first kappa shape index (κ1) is 18.9. The Balaban J connectivity index is 1.55. The minimum Gasteiger partial charge on any atom is -0.326 e. The highest BCUT2D eigenvalue weighted by molar-refractivity contribution is 5.96. The summed E-state index contributed by atoms with van der Waals surface area (Å²) in [6, 6.07) is 7.74. The molecule has 4 heteroatoms. The second-order valence-electron chi connectivity index (χ2n) is 7.90. The standard InChI is InChI=1S/C22H32N2O2/c1-2-3-7-17-11-13-18(14-12-17)22(26)23-19-8-6-9-20(16-19)24-15-5-4-10-21(24)25/h6,8-9,16-18H,2-5,7,10-15H2,1H3,(H,23,26). The lowest BCUT2D eigenvalue weighted by molar-refractivity contribution is -0.121. The van der Waals surface area contributed by atoms with Crippen molar-refractivity contribution < 1.29 is 9.59 Å². The maximum Gasteiger partial charge on any atom is 0.227 e. The van der Waals surface area contributed by atoms with Gasteiger partial charge in [0, 0.05) is 30.3 Å². The van der Waals surface area contributed by atoms with E-state index in [4.69, 9.17) is 0 Å². The van der Waals surface area contributed by atoms with E-state index in [1.165, 1.54) is 32.1 Å². The fraction of sp³-hybridized carbons (Fsp3) is 0.636. The number of hydrogen-bond donors (Lipinski definition) is 1. The van der Waals surface area contributed by atoms with E-state index in [-0.39, 0.29) is 17.7 Å². The molecule has 2 fully saturated rings. The van der Waals surface area contributed by atoms with E-state index in [1.807, 2.05) is 29.2 Å². The number of unbranched alkanes of at least 4 members (excludes halogenated alkanes) is 1. The van der Waals surface area contributed by atoms with Crippen molar-refractivity contribution in [2.24, 2.45) is 11.8 Å². The van der Waals surface area contributed by atoms with Crippen molar-refractivity contribution in [3.63, 3.8) is 0 Å². The van der Waals surface area contributed by atoms with Crippen molar-refractivity contribution in [3.8, 4) is 0 Å². The third-order valence-electron chi connectivity index (χ3n) is 5.93. The highest BCUT2D eigenvalue weighted by Gasteiger charge is 2.26. The minimum absolute atomic E-state index is 0.133. The molecule has 1 heterocycles. The van der Waals surface area contributed by atoms with Crippen molar-refractivity contribution in [2.45, 2.75) is 71.1 Å². The van der Waals surface area contributed by atoms with Crippen molar-refractivity contribution in [1.82, 2.24) is 0 Å². The highest BCUT2D eigenvalue weighted by atomic mass is 16.2. The Hall–Kier alpha value is -1.84. The molecule has 0 spiro atoms. The zero-order valence-corrected chi connectivity index (χ0v) is 16.0. The largest absolute Gasteiger partial charge is 0.326 e. The normalized spacial score (nSPS) is 23.7. The monoisotopic (exact) mass is 356 g/mol. The van der Waals surface area contributed by atoms with Gasteiger partial charge >= 0.3 is 0 Å². The van der Waals surface area contributed by atoms with Crippen LogP contribution in [0, 0.1) is 11.8 Å². The lowest BCUT2D eigenvalue weighted by Gasteiger charge is -2.28. The predicted octanol–water partition coefficient (Wildman–Crippen LogP) is 5.14. The summed E-state index contributed by atoms with van der Waals surface area (Å²) in [5, 5.41) is 3.09. The Kier molecular flexibility index (Phi) is 6.70. The van der Waals surface area contributed by atoms with Crippen LogP contribution in [0.25, 0.3) is 0 Å². The van der Waals surface area contributed by atoms with Crippen LogP contribution in [0.4, 0.5) is 11.4 Å². The Morgan fingerprint density at radius 2 is 2.00 bits per heavy atom. The summed E-state index contributed by atoms with van der Waals surface area (Å²) in [6.07, 6.45) is 10.9. The molecular weight excluding hydrogens is 324 g/mol. The Morgan fingerprint density at radius 3 is 2.73 bits per heavy atom. The maximum absolute atomic E-state index is 12.6. The van der Waals surface area contributed by atoms with Crippen molar-refractivity contribution in [1.29, 1.82) is 0 Å². The first-order chi connectivity index (χ1) is 12.7. The third-order valence-corrected chi connectivity index (χ3v) is 5.93. The SMILES string of the molecule is CCCCC1CCC(C(=O)Nc2cccc(N3CCCCC3=O)c2)CC1. The summed E-state index contributed by atoms with van der Waals surface area (Å²) in [5.74, 6) is 1.27. The van der Waals surface area contributed by atoms with Crippen LogP contribution in [0.3, 0.4) is 0 Å². The summed E-state index contributed by atoms with van der Waals surface area (Å²) in [5.41, 5.74) is 1.70. The molecule has 0 bridgehead atoms. The molecule has 142 valence electrons. The number of anilines is 2. The quantitative estimate of drug-likeness (QED) is 0.767. The third kappa shape index (κ3) is 4.87. The van der Waals surface area contributed by atoms with Gasteiger partial charge in [0.1, 0.15) is 0 Å². The van der Waals surface area contributed by atoms with E-state index in [0.29, 0.717) is 6.42 Å².